The predicted molar refractivity (Wildman–Crippen MR) is 185 cm³/mol. The van der Waals surface area contributed by atoms with Gasteiger partial charge in [0, 0.05) is 62.1 Å². The quantitative estimate of drug-likeness (QED) is 0.192. The van der Waals surface area contributed by atoms with Gasteiger partial charge in [0.05, 0.1) is 46.2 Å². The summed E-state index contributed by atoms with van der Waals surface area (Å²) in [4.78, 5) is 27.1. The SMILES string of the molecule is COc1ccccc1COCCCOc1ccc(C2CCN(C(=O)O)CC2OCc2ccc3c(c2)N(CCNC(C)=O)CC3(C)C)cc1. The Hall–Kier alpha value is -4.28. The van der Waals surface area contributed by atoms with E-state index in [1.165, 1.54) is 17.4 Å². The third kappa shape index (κ3) is 8.99. The van der Waals surface area contributed by atoms with Crippen molar-refractivity contribution >= 4 is 17.7 Å². The number of hydrogen-bond donors (Lipinski definition) is 2. The molecule has 258 valence electrons. The molecule has 0 bridgehead atoms. The zero-order valence-corrected chi connectivity index (χ0v) is 28.6. The maximum Gasteiger partial charge on any atom is 0.407 e. The molecule has 1 fully saturated rings. The van der Waals surface area contributed by atoms with Crippen molar-refractivity contribution in [2.45, 2.75) is 64.3 Å². The van der Waals surface area contributed by atoms with Gasteiger partial charge in [-0.1, -0.05) is 56.3 Å². The van der Waals surface area contributed by atoms with Gasteiger partial charge in [-0.25, -0.2) is 4.79 Å². The number of piperidine rings is 1. The van der Waals surface area contributed by atoms with Crippen LogP contribution in [0.5, 0.6) is 11.5 Å². The molecule has 2 aliphatic rings. The van der Waals surface area contributed by atoms with Crippen molar-refractivity contribution in [2.24, 2.45) is 0 Å². The number of amides is 2. The third-order valence-corrected chi connectivity index (χ3v) is 9.23. The number of carbonyl (C=O) groups is 2. The van der Waals surface area contributed by atoms with Crippen LogP contribution in [0.1, 0.15) is 61.8 Å². The Bertz CT molecular complexity index is 1530. The zero-order valence-electron chi connectivity index (χ0n) is 28.6. The number of para-hydroxylation sites is 1. The van der Waals surface area contributed by atoms with Crippen LogP contribution in [0.2, 0.25) is 0 Å². The van der Waals surface area contributed by atoms with Crippen LogP contribution in [0, 0.1) is 0 Å². The molecule has 5 rings (SSSR count). The number of nitrogens with zero attached hydrogens (tertiary/aromatic N) is 2. The van der Waals surface area contributed by atoms with E-state index < -0.39 is 6.09 Å². The molecule has 10 nitrogen and oxygen atoms in total. The first-order chi connectivity index (χ1) is 23.1. The first kappa shape index (κ1) is 35.0. The first-order valence-corrected chi connectivity index (χ1v) is 16.8. The third-order valence-electron chi connectivity index (χ3n) is 9.23. The van der Waals surface area contributed by atoms with Gasteiger partial charge in [-0.15, -0.1) is 0 Å². The largest absolute Gasteiger partial charge is 0.496 e. The van der Waals surface area contributed by atoms with Crippen LogP contribution in [-0.2, 0) is 32.9 Å². The van der Waals surface area contributed by atoms with Crippen molar-refractivity contribution in [3.05, 3.63) is 89.0 Å². The maximum absolute atomic E-state index is 11.9. The Morgan fingerprint density at radius 2 is 1.81 bits per heavy atom. The van der Waals surface area contributed by atoms with Gasteiger partial charge in [-0.3, -0.25) is 4.79 Å². The van der Waals surface area contributed by atoms with Crippen molar-refractivity contribution in [2.75, 3.05) is 57.9 Å². The maximum atomic E-state index is 11.9. The molecule has 0 radical (unpaired) electrons. The molecule has 0 spiro atoms. The lowest BCUT2D eigenvalue weighted by molar-refractivity contribution is -0.118. The summed E-state index contributed by atoms with van der Waals surface area (Å²) in [7, 11) is 1.66. The molecule has 3 aromatic rings. The molecule has 0 aliphatic carbocycles. The Kier molecular flexibility index (Phi) is 11.8. The molecular formula is C38H49N3O7. The monoisotopic (exact) mass is 659 g/mol. The minimum atomic E-state index is -0.924. The molecule has 2 amide bonds. The highest BCUT2D eigenvalue weighted by Crippen LogP contribution is 2.41. The summed E-state index contributed by atoms with van der Waals surface area (Å²) >= 11 is 0. The van der Waals surface area contributed by atoms with Crippen LogP contribution in [0.3, 0.4) is 0 Å². The molecular weight excluding hydrogens is 610 g/mol. The molecule has 2 N–H and O–H groups in total. The fourth-order valence-electron chi connectivity index (χ4n) is 6.73. The van der Waals surface area contributed by atoms with Gasteiger partial charge in [-0.2, -0.15) is 0 Å². The molecule has 10 heteroatoms. The van der Waals surface area contributed by atoms with Crippen molar-refractivity contribution in [3.63, 3.8) is 0 Å². The van der Waals surface area contributed by atoms with E-state index in [1.54, 1.807) is 7.11 Å². The number of carboxylic acid groups (broad SMARTS) is 1. The number of rotatable bonds is 15. The normalized spacial score (nSPS) is 18.3. The summed E-state index contributed by atoms with van der Waals surface area (Å²) in [6, 6.07) is 22.4. The second-order valence-corrected chi connectivity index (χ2v) is 13.2. The zero-order chi connectivity index (χ0) is 34.1. The number of likely N-dealkylation sites (tertiary alicyclic amines) is 1. The number of carbonyl (C=O) groups excluding carboxylic acids is 1. The molecule has 0 saturated carbocycles. The van der Waals surface area contributed by atoms with Crippen LogP contribution in [-0.4, -0.2) is 81.2 Å². The lowest BCUT2D eigenvalue weighted by Gasteiger charge is -2.37. The number of fused-ring (bicyclic) bond motifs is 1. The standard InChI is InChI=1S/C38H49N3O7/c1-27(42)39-17-19-41-26-38(2,3)33-15-10-28(22-34(33)41)24-48-36-23-40(37(43)44)18-16-32(36)29-11-13-31(14-12-29)47-21-7-20-46-25-30-8-5-6-9-35(30)45-4/h5-6,8-15,22,32,36H,7,16-21,23-26H2,1-4H3,(H,39,42)(H,43,44). The van der Waals surface area contributed by atoms with E-state index >= 15 is 0 Å². The second-order valence-electron chi connectivity index (χ2n) is 13.2. The smallest absolute Gasteiger partial charge is 0.407 e. The summed E-state index contributed by atoms with van der Waals surface area (Å²) in [5, 5.41) is 12.7. The molecule has 2 unspecified atom stereocenters. The molecule has 0 aromatic heterocycles. The minimum absolute atomic E-state index is 0.00205. The van der Waals surface area contributed by atoms with Crippen molar-refractivity contribution in [1.29, 1.82) is 0 Å². The number of anilines is 1. The Morgan fingerprint density at radius 3 is 2.56 bits per heavy atom. The van der Waals surface area contributed by atoms with E-state index in [0.29, 0.717) is 52.5 Å². The molecule has 1 saturated heterocycles. The molecule has 2 aliphatic heterocycles. The lowest BCUT2D eigenvalue weighted by Crippen LogP contribution is -2.46. The van der Waals surface area contributed by atoms with Gasteiger partial charge in [0.25, 0.3) is 0 Å². The fourth-order valence-corrected chi connectivity index (χ4v) is 6.73. The van der Waals surface area contributed by atoms with E-state index in [2.05, 4.69) is 54.4 Å². The van der Waals surface area contributed by atoms with Crippen molar-refractivity contribution < 1.29 is 33.6 Å². The summed E-state index contributed by atoms with van der Waals surface area (Å²) < 4.78 is 23.7. The number of ether oxygens (including phenoxy) is 4. The van der Waals surface area contributed by atoms with Gasteiger partial charge in [0.15, 0.2) is 0 Å². The average molecular weight is 660 g/mol. The number of nitrogens with one attached hydrogen (secondary N) is 1. The average Bonchev–Trinajstić information content (AvgIpc) is 3.34. The Labute approximate surface area is 283 Å². The van der Waals surface area contributed by atoms with Crippen molar-refractivity contribution in [1.82, 2.24) is 10.2 Å². The summed E-state index contributed by atoms with van der Waals surface area (Å²) in [5.41, 5.74) is 5.62. The predicted octanol–water partition coefficient (Wildman–Crippen LogP) is 5.97. The molecule has 48 heavy (non-hydrogen) atoms. The van der Waals surface area contributed by atoms with Crippen LogP contribution >= 0.6 is 0 Å². The molecule has 2 atom stereocenters. The van der Waals surface area contributed by atoms with Crippen molar-refractivity contribution in [3.8, 4) is 11.5 Å². The van der Waals surface area contributed by atoms with Gasteiger partial charge >= 0.3 is 6.09 Å². The van der Waals surface area contributed by atoms with Crippen LogP contribution < -0.4 is 19.7 Å². The van der Waals surface area contributed by atoms with Crippen LogP contribution in [0.25, 0.3) is 0 Å². The Morgan fingerprint density at radius 1 is 1.02 bits per heavy atom. The van der Waals surface area contributed by atoms with E-state index in [9.17, 15) is 14.7 Å². The Balaban J connectivity index is 1.16. The number of methoxy groups -OCH3 is 1. The van der Waals surface area contributed by atoms with E-state index in [1.807, 2.05) is 36.4 Å². The number of benzene rings is 3. The highest BCUT2D eigenvalue weighted by Gasteiger charge is 2.36. The summed E-state index contributed by atoms with van der Waals surface area (Å²) in [5.74, 6) is 1.64. The highest BCUT2D eigenvalue weighted by atomic mass is 16.5. The van der Waals surface area contributed by atoms with Crippen LogP contribution in [0.15, 0.2) is 66.7 Å². The minimum Gasteiger partial charge on any atom is -0.496 e. The van der Waals surface area contributed by atoms with E-state index in [4.69, 9.17) is 18.9 Å². The highest BCUT2D eigenvalue weighted by molar-refractivity contribution is 5.73. The topological polar surface area (TPSA) is 110 Å². The van der Waals surface area contributed by atoms with E-state index in [0.717, 1.165) is 53.4 Å². The summed E-state index contributed by atoms with van der Waals surface area (Å²) in [6.07, 6.45) is 0.221. The second kappa shape index (κ2) is 16.2. The van der Waals surface area contributed by atoms with Gasteiger partial charge in [0.2, 0.25) is 5.91 Å². The fraction of sp³-hybridized carbons (Fsp3) is 0.474. The van der Waals surface area contributed by atoms with Crippen LogP contribution in [0.4, 0.5) is 10.5 Å². The van der Waals surface area contributed by atoms with Gasteiger partial charge in [-0.05, 0) is 47.4 Å². The lowest BCUT2D eigenvalue weighted by atomic mass is 9.86. The number of hydrogen-bond acceptors (Lipinski definition) is 7. The van der Waals surface area contributed by atoms with E-state index in [-0.39, 0.29) is 23.3 Å². The summed E-state index contributed by atoms with van der Waals surface area (Å²) in [6.45, 7) is 11.0. The van der Waals surface area contributed by atoms with Gasteiger partial charge < -0.3 is 39.2 Å². The molecule has 2 heterocycles. The van der Waals surface area contributed by atoms with Gasteiger partial charge in [0.1, 0.15) is 11.5 Å². The molecule has 3 aromatic carbocycles. The first-order valence-electron chi connectivity index (χ1n) is 16.8.